The van der Waals surface area contributed by atoms with Gasteiger partial charge in [0, 0.05) is 13.6 Å². The second-order valence-electron chi connectivity index (χ2n) is 5.47. The van der Waals surface area contributed by atoms with Crippen molar-refractivity contribution in [2.45, 2.75) is 6.42 Å². The maximum absolute atomic E-state index is 13.5. The molecule has 0 bridgehead atoms. The molecule has 0 spiro atoms. The summed E-state index contributed by atoms with van der Waals surface area (Å²) in [5.74, 6) is -5.20. The molecule has 5 nitrogen and oxygen atoms in total. The smallest absolute Gasteiger partial charge is 0.243 e. The van der Waals surface area contributed by atoms with Gasteiger partial charge in [0.2, 0.25) is 5.91 Å². The SMILES string of the molecule is CN=C(NCCc1ccccc1F)NCC(=O)Nc1ccc(F)c(F)c1F.I. The average molecular weight is 510 g/mol. The Balaban J connectivity index is 0.00000392. The van der Waals surface area contributed by atoms with Crippen LogP contribution in [0.5, 0.6) is 0 Å². The number of hydrogen-bond acceptors (Lipinski definition) is 2. The summed E-state index contributed by atoms with van der Waals surface area (Å²) < 4.78 is 53.1. The maximum atomic E-state index is 13.5. The van der Waals surface area contributed by atoms with E-state index in [2.05, 4.69) is 20.9 Å². The van der Waals surface area contributed by atoms with E-state index in [0.717, 1.165) is 6.07 Å². The van der Waals surface area contributed by atoms with E-state index >= 15 is 0 Å². The van der Waals surface area contributed by atoms with Crippen molar-refractivity contribution in [3.05, 3.63) is 65.2 Å². The summed E-state index contributed by atoms with van der Waals surface area (Å²) in [7, 11) is 1.48. The van der Waals surface area contributed by atoms with Gasteiger partial charge >= 0.3 is 0 Å². The first-order valence-corrected chi connectivity index (χ1v) is 8.03. The van der Waals surface area contributed by atoms with Gasteiger partial charge in [-0.1, -0.05) is 18.2 Å². The fourth-order valence-electron chi connectivity index (χ4n) is 2.22. The van der Waals surface area contributed by atoms with E-state index in [1.807, 2.05) is 0 Å². The summed E-state index contributed by atoms with van der Waals surface area (Å²) in [6, 6.07) is 7.99. The van der Waals surface area contributed by atoms with E-state index in [1.54, 1.807) is 18.2 Å². The van der Waals surface area contributed by atoms with E-state index in [0.29, 0.717) is 24.6 Å². The molecule has 0 unspecified atom stereocenters. The molecule has 2 aromatic carbocycles. The standard InChI is InChI=1S/C18H18F4N4O.HI/c1-23-18(24-9-8-11-4-2-3-5-12(11)19)25-10-15(27)26-14-7-6-13(20)16(21)17(14)22;/h2-7H,8-10H2,1H3,(H,26,27)(H2,23,24,25);1H. The van der Waals surface area contributed by atoms with Crippen LogP contribution in [0.1, 0.15) is 5.56 Å². The number of amides is 1. The van der Waals surface area contributed by atoms with Crippen LogP contribution in [-0.2, 0) is 11.2 Å². The zero-order chi connectivity index (χ0) is 19.8. The summed E-state index contributed by atoms with van der Waals surface area (Å²) in [5, 5.41) is 7.71. The molecule has 1 amide bonds. The number of halogens is 5. The predicted molar refractivity (Wildman–Crippen MR) is 110 cm³/mol. The Bertz CT molecular complexity index is 848. The van der Waals surface area contributed by atoms with Gasteiger partial charge in [-0.2, -0.15) is 0 Å². The van der Waals surface area contributed by atoms with Gasteiger partial charge in [-0.3, -0.25) is 9.79 Å². The lowest BCUT2D eigenvalue weighted by Gasteiger charge is -2.12. The number of hydrogen-bond donors (Lipinski definition) is 3. The molecule has 0 heterocycles. The van der Waals surface area contributed by atoms with Crippen LogP contribution in [0.3, 0.4) is 0 Å². The molecule has 3 N–H and O–H groups in total. The Morgan fingerprint density at radius 3 is 2.36 bits per heavy atom. The number of guanidine groups is 1. The summed E-state index contributed by atoms with van der Waals surface area (Å²) in [6.45, 7) is 0.0673. The third kappa shape index (κ3) is 6.66. The van der Waals surface area contributed by atoms with E-state index in [4.69, 9.17) is 0 Å². The first-order chi connectivity index (χ1) is 12.9. The van der Waals surface area contributed by atoms with Crippen LogP contribution in [0.25, 0.3) is 0 Å². The van der Waals surface area contributed by atoms with Crippen molar-refractivity contribution < 1.29 is 22.4 Å². The van der Waals surface area contributed by atoms with Crippen LogP contribution in [0.4, 0.5) is 23.2 Å². The molecule has 0 saturated carbocycles. The van der Waals surface area contributed by atoms with Crippen LogP contribution in [-0.4, -0.2) is 32.0 Å². The molecule has 0 aliphatic heterocycles. The molecule has 152 valence electrons. The zero-order valence-electron chi connectivity index (χ0n) is 14.9. The van der Waals surface area contributed by atoms with Crippen molar-refractivity contribution in [2.75, 3.05) is 25.5 Å². The van der Waals surface area contributed by atoms with Crippen LogP contribution in [0.15, 0.2) is 41.4 Å². The minimum Gasteiger partial charge on any atom is -0.356 e. The molecule has 0 atom stereocenters. The number of benzene rings is 2. The topological polar surface area (TPSA) is 65.5 Å². The van der Waals surface area contributed by atoms with E-state index in [1.165, 1.54) is 13.1 Å². The molecule has 0 saturated heterocycles. The molecular formula is C18H19F4IN4O. The van der Waals surface area contributed by atoms with Gasteiger partial charge in [-0.25, -0.2) is 17.6 Å². The zero-order valence-corrected chi connectivity index (χ0v) is 17.2. The van der Waals surface area contributed by atoms with Crippen molar-refractivity contribution >= 4 is 41.5 Å². The molecule has 0 radical (unpaired) electrons. The van der Waals surface area contributed by atoms with Gasteiger partial charge in [0.25, 0.3) is 0 Å². The molecule has 0 aromatic heterocycles. The highest BCUT2D eigenvalue weighted by Gasteiger charge is 2.15. The van der Waals surface area contributed by atoms with Crippen LogP contribution < -0.4 is 16.0 Å². The third-order valence-corrected chi connectivity index (χ3v) is 3.59. The monoisotopic (exact) mass is 510 g/mol. The second-order valence-corrected chi connectivity index (χ2v) is 5.47. The molecule has 2 aromatic rings. The van der Waals surface area contributed by atoms with Gasteiger partial charge < -0.3 is 16.0 Å². The first-order valence-electron chi connectivity index (χ1n) is 8.03. The molecule has 28 heavy (non-hydrogen) atoms. The summed E-state index contributed by atoms with van der Waals surface area (Å²) in [4.78, 5) is 15.7. The summed E-state index contributed by atoms with van der Waals surface area (Å²) in [5.41, 5.74) is 0.0650. The van der Waals surface area contributed by atoms with Crippen molar-refractivity contribution in [2.24, 2.45) is 4.99 Å². The minimum atomic E-state index is -1.66. The van der Waals surface area contributed by atoms with Crippen LogP contribution in [0, 0.1) is 23.3 Å². The number of nitrogens with zero attached hydrogens (tertiary/aromatic N) is 1. The number of rotatable bonds is 6. The number of anilines is 1. The number of carbonyl (C=O) groups excluding carboxylic acids is 1. The fourth-order valence-corrected chi connectivity index (χ4v) is 2.22. The Morgan fingerprint density at radius 2 is 1.68 bits per heavy atom. The number of aliphatic imine (C=N–C) groups is 1. The highest BCUT2D eigenvalue weighted by Crippen LogP contribution is 2.19. The van der Waals surface area contributed by atoms with Crippen molar-refractivity contribution in [1.29, 1.82) is 0 Å². The fraction of sp³-hybridized carbons (Fsp3) is 0.222. The largest absolute Gasteiger partial charge is 0.356 e. The van der Waals surface area contributed by atoms with Crippen molar-refractivity contribution in [3.8, 4) is 0 Å². The molecule has 0 aliphatic rings. The van der Waals surface area contributed by atoms with Gasteiger partial charge in [0.1, 0.15) is 5.82 Å². The van der Waals surface area contributed by atoms with Gasteiger partial charge in [-0.15, -0.1) is 24.0 Å². The lowest BCUT2D eigenvalue weighted by atomic mass is 10.1. The molecule has 10 heteroatoms. The average Bonchev–Trinajstić information content (AvgIpc) is 2.66. The Morgan fingerprint density at radius 1 is 0.964 bits per heavy atom. The minimum absolute atomic E-state index is 0. The molecular weight excluding hydrogens is 491 g/mol. The second kappa shape index (κ2) is 11.5. The van der Waals surface area contributed by atoms with E-state index < -0.39 is 29.0 Å². The van der Waals surface area contributed by atoms with Crippen molar-refractivity contribution in [3.63, 3.8) is 0 Å². The molecule has 2 rings (SSSR count). The van der Waals surface area contributed by atoms with Gasteiger partial charge in [0.05, 0.1) is 12.2 Å². The van der Waals surface area contributed by atoms with Crippen molar-refractivity contribution in [1.82, 2.24) is 10.6 Å². The van der Waals surface area contributed by atoms with Crippen LogP contribution in [0.2, 0.25) is 0 Å². The predicted octanol–water partition coefficient (Wildman–Crippen LogP) is 3.21. The number of carbonyl (C=O) groups is 1. The molecule has 0 fully saturated rings. The van der Waals surface area contributed by atoms with Gasteiger partial charge in [-0.05, 0) is 30.2 Å². The Kier molecular flexibility index (Phi) is 9.69. The first kappa shape index (κ1) is 23.7. The van der Waals surface area contributed by atoms with Gasteiger partial charge in [0.15, 0.2) is 23.4 Å². The van der Waals surface area contributed by atoms with E-state index in [9.17, 15) is 22.4 Å². The third-order valence-electron chi connectivity index (χ3n) is 3.59. The van der Waals surface area contributed by atoms with Crippen LogP contribution >= 0.6 is 24.0 Å². The molecule has 0 aliphatic carbocycles. The van der Waals surface area contributed by atoms with E-state index in [-0.39, 0.29) is 42.3 Å². The number of nitrogens with one attached hydrogen (secondary N) is 3. The normalized spacial score (nSPS) is 10.8. The Hall–Kier alpha value is -2.37. The lowest BCUT2D eigenvalue weighted by Crippen LogP contribution is -2.42. The Labute approximate surface area is 176 Å². The quantitative estimate of drug-likeness (QED) is 0.184. The summed E-state index contributed by atoms with van der Waals surface area (Å²) in [6.07, 6.45) is 0.402. The highest BCUT2D eigenvalue weighted by molar-refractivity contribution is 14.0. The summed E-state index contributed by atoms with van der Waals surface area (Å²) >= 11 is 0. The maximum Gasteiger partial charge on any atom is 0.243 e. The lowest BCUT2D eigenvalue weighted by molar-refractivity contribution is -0.115. The highest BCUT2D eigenvalue weighted by atomic mass is 127.